The van der Waals surface area contributed by atoms with Crippen molar-refractivity contribution in [1.29, 1.82) is 0 Å². The summed E-state index contributed by atoms with van der Waals surface area (Å²) >= 11 is 0. The molecule has 0 heterocycles. The normalized spacial score (nSPS) is 10.1. The lowest BCUT2D eigenvalue weighted by atomic mass is 9.89. The van der Waals surface area contributed by atoms with Gasteiger partial charge in [-0.25, -0.2) is 0 Å². The largest absolute Gasteiger partial charge is 0.100 e. The molecule has 0 saturated carbocycles. The molecule has 0 heteroatoms. The third-order valence-electron chi connectivity index (χ3n) is 5.53. The monoisotopic (exact) mass is 490 g/mol. The first kappa shape index (κ1) is 31.4. The summed E-state index contributed by atoms with van der Waals surface area (Å²) < 4.78 is 0. The topological polar surface area (TPSA) is 0 Å². The van der Waals surface area contributed by atoms with Gasteiger partial charge in [0.05, 0.1) is 0 Å². The molecular weight excluding hydrogens is 444 g/mol. The van der Waals surface area contributed by atoms with Crippen LogP contribution in [0.1, 0.15) is 65.2 Å². The van der Waals surface area contributed by atoms with Gasteiger partial charge in [-0.1, -0.05) is 137 Å². The average Bonchev–Trinajstić information content (AvgIpc) is 2.95. The van der Waals surface area contributed by atoms with Gasteiger partial charge in [-0.2, -0.15) is 0 Å². The average molecular weight is 491 g/mol. The van der Waals surface area contributed by atoms with E-state index in [-0.39, 0.29) is 0 Å². The first-order chi connectivity index (χ1) is 18.0. The molecule has 0 fully saturated rings. The van der Waals surface area contributed by atoms with Gasteiger partial charge in [0.15, 0.2) is 0 Å². The maximum Gasteiger partial charge on any atom is -0.00728 e. The van der Waals surface area contributed by atoms with Crippen LogP contribution < -0.4 is 0 Å². The van der Waals surface area contributed by atoms with Crippen LogP contribution in [0.5, 0.6) is 0 Å². The van der Waals surface area contributed by atoms with Crippen LogP contribution >= 0.6 is 0 Å². The van der Waals surface area contributed by atoms with Gasteiger partial charge >= 0.3 is 0 Å². The van der Waals surface area contributed by atoms with Gasteiger partial charge in [0.1, 0.15) is 0 Å². The molecule has 4 rings (SSSR count). The standard InChI is InChI=1S/C29H26.C4H8.2C2H6/c1-3-23(4-2)27-20-25-16-11-17-28(24-14-9-6-10-15-24)29(25)26(21-27)19-18-22-12-7-5-8-13-22;1-4(2)3;2*1-2/h3-17,20-21H,1,18-19H2,2H3;1H2,2-3H3;2*1-2H3/b23-4+;;;. The van der Waals surface area contributed by atoms with Crippen LogP contribution in [0.2, 0.25) is 0 Å². The lowest BCUT2D eigenvalue weighted by Gasteiger charge is -2.15. The van der Waals surface area contributed by atoms with Crippen LogP contribution in [0, 0.1) is 0 Å². The lowest BCUT2D eigenvalue weighted by Crippen LogP contribution is -1.96. The minimum absolute atomic E-state index is 1.01. The molecule has 0 aliphatic carbocycles. The fourth-order valence-electron chi connectivity index (χ4n) is 4.07. The molecule has 4 aromatic rings. The molecule has 0 unspecified atom stereocenters. The maximum absolute atomic E-state index is 4.01. The fraction of sp³-hybridized carbons (Fsp3) is 0.243. The van der Waals surface area contributed by atoms with Gasteiger partial charge in [-0.05, 0) is 83.8 Å². The molecular formula is C37H46. The molecule has 0 N–H and O–H groups in total. The predicted octanol–water partition coefficient (Wildman–Crippen LogP) is 11.5. The molecule has 0 saturated heterocycles. The fourth-order valence-corrected chi connectivity index (χ4v) is 4.07. The lowest BCUT2D eigenvalue weighted by molar-refractivity contribution is 0.969. The second-order valence-electron chi connectivity index (χ2n) is 8.55. The van der Waals surface area contributed by atoms with E-state index in [2.05, 4.69) is 117 Å². The van der Waals surface area contributed by atoms with Crippen LogP contribution in [0.15, 0.2) is 122 Å². The third kappa shape index (κ3) is 9.73. The summed E-state index contributed by atoms with van der Waals surface area (Å²) in [6.45, 7) is 21.6. The van der Waals surface area contributed by atoms with Crippen molar-refractivity contribution in [3.05, 3.63) is 139 Å². The van der Waals surface area contributed by atoms with Gasteiger partial charge in [-0.3, -0.25) is 0 Å². The Labute approximate surface area is 227 Å². The molecule has 194 valence electrons. The van der Waals surface area contributed by atoms with E-state index in [9.17, 15) is 0 Å². The summed E-state index contributed by atoms with van der Waals surface area (Å²) in [6.07, 6.45) is 6.12. The number of hydrogen-bond acceptors (Lipinski definition) is 0. The number of allylic oxidation sites excluding steroid dienone is 4. The summed E-state index contributed by atoms with van der Waals surface area (Å²) in [5.74, 6) is 0. The van der Waals surface area contributed by atoms with Crippen LogP contribution in [-0.4, -0.2) is 0 Å². The van der Waals surface area contributed by atoms with E-state index in [4.69, 9.17) is 0 Å². The van der Waals surface area contributed by atoms with Crippen molar-refractivity contribution in [2.45, 2.75) is 61.3 Å². The molecule has 0 bridgehead atoms. The molecule has 0 nitrogen and oxygen atoms in total. The van der Waals surface area contributed by atoms with Crippen LogP contribution in [-0.2, 0) is 12.8 Å². The van der Waals surface area contributed by atoms with E-state index in [0.29, 0.717) is 0 Å². The second-order valence-corrected chi connectivity index (χ2v) is 8.55. The van der Waals surface area contributed by atoms with Crippen molar-refractivity contribution in [2.75, 3.05) is 0 Å². The highest BCUT2D eigenvalue weighted by Gasteiger charge is 2.11. The van der Waals surface area contributed by atoms with E-state index < -0.39 is 0 Å². The first-order valence-electron chi connectivity index (χ1n) is 13.6. The van der Waals surface area contributed by atoms with Crippen molar-refractivity contribution in [3.8, 4) is 11.1 Å². The second kappa shape index (κ2) is 17.7. The molecule has 0 aromatic heterocycles. The Morgan fingerprint density at radius 2 is 1.30 bits per heavy atom. The molecule has 0 amide bonds. The number of aryl methyl sites for hydroxylation is 2. The van der Waals surface area contributed by atoms with Crippen LogP contribution in [0.3, 0.4) is 0 Å². The van der Waals surface area contributed by atoms with E-state index in [1.54, 1.807) is 0 Å². The Bertz CT molecular complexity index is 1240. The minimum atomic E-state index is 1.01. The SMILES string of the molecule is C=C(C)C.C=C/C(=C\C)c1cc(CCc2ccccc2)c2c(-c3ccccc3)cccc2c1.CC.CC. The molecule has 37 heavy (non-hydrogen) atoms. The molecule has 4 aromatic carbocycles. The Morgan fingerprint density at radius 1 is 0.730 bits per heavy atom. The Hall–Kier alpha value is -3.64. The number of fused-ring (bicyclic) bond motifs is 1. The number of hydrogen-bond donors (Lipinski definition) is 0. The molecule has 0 spiro atoms. The predicted molar refractivity (Wildman–Crippen MR) is 170 cm³/mol. The highest BCUT2D eigenvalue weighted by Crippen LogP contribution is 2.34. The molecule has 0 aliphatic heterocycles. The summed E-state index contributed by atoms with van der Waals surface area (Å²) in [4.78, 5) is 0. The van der Waals surface area contributed by atoms with Crippen molar-refractivity contribution >= 4 is 16.3 Å². The third-order valence-corrected chi connectivity index (χ3v) is 5.53. The summed E-state index contributed by atoms with van der Waals surface area (Å²) in [5.41, 5.74) is 8.92. The molecule has 0 aliphatic rings. The minimum Gasteiger partial charge on any atom is -0.100 e. The van der Waals surface area contributed by atoms with Gasteiger partial charge in [0.25, 0.3) is 0 Å². The number of rotatable bonds is 6. The number of benzene rings is 4. The maximum atomic E-state index is 4.01. The van der Waals surface area contributed by atoms with Crippen molar-refractivity contribution in [2.24, 2.45) is 0 Å². The van der Waals surface area contributed by atoms with Crippen LogP contribution in [0.4, 0.5) is 0 Å². The quantitative estimate of drug-likeness (QED) is 0.186. The van der Waals surface area contributed by atoms with Gasteiger partial charge in [-0.15, -0.1) is 6.58 Å². The van der Waals surface area contributed by atoms with E-state index in [1.165, 1.54) is 49.7 Å². The highest BCUT2D eigenvalue weighted by atomic mass is 14.2. The van der Waals surface area contributed by atoms with Crippen molar-refractivity contribution < 1.29 is 0 Å². The van der Waals surface area contributed by atoms with Gasteiger partial charge in [0.2, 0.25) is 0 Å². The summed E-state index contributed by atoms with van der Waals surface area (Å²) in [6, 6.07) is 32.7. The van der Waals surface area contributed by atoms with E-state index >= 15 is 0 Å². The Kier molecular flexibility index (Phi) is 15.0. The Balaban J connectivity index is 0.000000767. The van der Waals surface area contributed by atoms with Crippen molar-refractivity contribution in [3.63, 3.8) is 0 Å². The zero-order valence-corrected chi connectivity index (χ0v) is 24.1. The van der Waals surface area contributed by atoms with Crippen LogP contribution in [0.25, 0.3) is 27.5 Å². The van der Waals surface area contributed by atoms with Crippen molar-refractivity contribution in [1.82, 2.24) is 0 Å². The highest BCUT2D eigenvalue weighted by molar-refractivity contribution is 6.01. The summed E-state index contributed by atoms with van der Waals surface area (Å²) in [5, 5.41) is 2.64. The van der Waals surface area contributed by atoms with E-state index in [0.717, 1.165) is 12.8 Å². The smallest absolute Gasteiger partial charge is 0.00728 e. The van der Waals surface area contributed by atoms with Gasteiger partial charge < -0.3 is 0 Å². The summed E-state index contributed by atoms with van der Waals surface area (Å²) in [7, 11) is 0. The van der Waals surface area contributed by atoms with E-state index in [1.807, 2.05) is 47.6 Å². The Morgan fingerprint density at radius 3 is 1.84 bits per heavy atom. The molecule has 0 radical (unpaired) electrons. The zero-order valence-electron chi connectivity index (χ0n) is 24.1. The molecule has 0 atom stereocenters. The zero-order chi connectivity index (χ0) is 27.6. The van der Waals surface area contributed by atoms with Gasteiger partial charge in [0, 0.05) is 0 Å². The first-order valence-corrected chi connectivity index (χ1v) is 13.6.